The summed E-state index contributed by atoms with van der Waals surface area (Å²) in [6.07, 6.45) is 0.361. The first-order valence-electron chi connectivity index (χ1n) is 11.7. The summed E-state index contributed by atoms with van der Waals surface area (Å²) in [5, 5.41) is 10.1. The molecule has 1 fully saturated rings. The molecule has 1 aliphatic heterocycles. The number of anilines is 1. The molecule has 2 aromatic carbocycles. The fraction of sp³-hybridized carbons (Fsp3) is 0.407. The maximum atomic E-state index is 10.1. The van der Waals surface area contributed by atoms with Crippen LogP contribution in [0.5, 0.6) is 0 Å². The molecule has 1 saturated heterocycles. The van der Waals surface area contributed by atoms with Gasteiger partial charge < -0.3 is 14.7 Å². The molecule has 0 unspecified atom stereocenters. The average molecular weight is 447 g/mol. The molecule has 1 N–H and O–H groups in total. The summed E-state index contributed by atoms with van der Waals surface area (Å²) in [6.45, 7) is 8.76. The molecule has 0 saturated carbocycles. The lowest BCUT2D eigenvalue weighted by Crippen LogP contribution is -2.49. The second-order valence-corrected chi connectivity index (χ2v) is 8.80. The molecule has 33 heavy (non-hydrogen) atoms. The van der Waals surface area contributed by atoms with Crippen molar-refractivity contribution in [1.29, 1.82) is 0 Å². The number of β-amino-alcohol motifs (C(OH)–C–C–N with tert-alkyl or cyclic N) is 1. The first kappa shape index (κ1) is 23.4. The van der Waals surface area contributed by atoms with Gasteiger partial charge in [0, 0.05) is 63.1 Å². The Morgan fingerprint density at radius 1 is 0.939 bits per heavy atom. The Morgan fingerprint density at radius 3 is 2.33 bits per heavy atom. The number of piperazine rings is 1. The number of aromatic nitrogens is 2. The average Bonchev–Trinajstić information content (AvgIpc) is 2.83. The normalized spacial score (nSPS) is 15.6. The first-order chi connectivity index (χ1) is 16.0. The maximum absolute atomic E-state index is 10.1. The number of ether oxygens (including phenoxy) is 1. The van der Waals surface area contributed by atoms with Gasteiger partial charge in [-0.3, -0.25) is 4.90 Å². The third-order valence-corrected chi connectivity index (χ3v) is 6.35. The fourth-order valence-electron chi connectivity index (χ4n) is 4.45. The third kappa shape index (κ3) is 5.77. The number of aliphatic hydroxyl groups is 1. The summed E-state index contributed by atoms with van der Waals surface area (Å²) in [7, 11) is 1.62. The Morgan fingerprint density at radius 2 is 1.64 bits per heavy atom. The molecule has 3 aromatic rings. The number of aliphatic hydroxyl groups excluding tert-OH is 1. The quantitative estimate of drug-likeness (QED) is 0.572. The molecule has 1 aromatic heterocycles. The molecule has 1 atom stereocenters. The lowest BCUT2D eigenvalue weighted by Gasteiger charge is -2.37. The molecule has 174 valence electrons. The molecule has 1 aliphatic rings. The minimum Gasteiger partial charge on any atom is -0.389 e. The Labute approximate surface area is 196 Å². The second-order valence-electron chi connectivity index (χ2n) is 8.80. The smallest absolute Gasteiger partial charge is 0.161 e. The first-order valence-corrected chi connectivity index (χ1v) is 11.7. The third-order valence-electron chi connectivity index (χ3n) is 6.35. The molecule has 0 amide bonds. The van der Waals surface area contributed by atoms with Crippen LogP contribution in [0, 0.1) is 13.8 Å². The van der Waals surface area contributed by atoms with Gasteiger partial charge in [0.05, 0.1) is 12.7 Å². The van der Waals surface area contributed by atoms with Crippen molar-refractivity contribution in [2.24, 2.45) is 0 Å². The summed E-state index contributed by atoms with van der Waals surface area (Å²) in [4.78, 5) is 14.7. The minimum absolute atomic E-state index is 0.367. The van der Waals surface area contributed by atoms with Crippen molar-refractivity contribution in [1.82, 2.24) is 14.9 Å². The van der Waals surface area contributed by atoms with Crippen molar-refractivity contribution in [3.63, 3.8) is 0 Å². The van der Waals surface area contributed by atoms with Crippen LogP contribution in [0.1, 0.15) is 22.4 Å². The van der Waals surface area contributed by atoms with Crippen LogP contribution in [0.25, 0.3) is 11.4 Å². The van der Waals surface area contributed by atoms with Crippen molar-refractivity contribution in [3.8, 4) is 11.4 Å². The van der Waals surface area contributed by atoms with Crippen LogP contribution in [0.4, 0.5) is 5.82 Å². The van der Waals surface area contributed by atoms with Gasteiger partial charge >= 0.3 is 0 Å². The number of hydrogen-bond donors (Lipinski definition) is 1. The topological polar surface area (TPSA) is 61.7 Å². The molecule has 2 heterocycles. The van der Waals surface area contributed by atoms with E-state index in [0.29, 0.717) is 13.2 Å². The number of aryl methyl sites for hydroxylation is 2. The summed E-state index contributed by atoms with van der Waals surface area (Å²) in [5.41, 5.74) is 5.84. The molecular weight excluding hydrogens is 412 g/mol. The number of benzene rings is 2. The van der Waals surface area contributed by atoms with E-state index in [9.17, 15) is 5.11 Å². The van der Waals surface area contributed by atoms with Crippen LogP contribution < -0.4 is 4.90 Å². The Hall–Kier alpha value is -2.80. The monoisotopic (exact) mass is 446 g/mol. The highest BCUT2D eigenvalue weighted by molar-refractivity contribution is 5.61. The Balaban J connectivity index is 1.63. The van der Waals surface area contributed by atoms with Crippen molar-refractivity contribution in [2.45, 2.75) is 26.4 Å². The molecule has 0 radical (unpaired) electrons. The van der Waals surface area contributed by atoms with Gasteiger partial charge in [-0.25, -0.2) is 9.97 Å². The van der Waals surface area contributed by atoms with Crippen molar-refractivity contribution in [2.75, 3.05) is 51.3 Å². The summed E-state index contributed by atoms with van der Waals surface area (Å²) in [6, 6.07) is 18.7. The van der Waals surface area contributed by atoms with Crippen molar-refractivity contribution >= 4 is 5.82 Å². The summed E-state index contributed by atoms with van der Waals surface area (Å²) >= 11 is 0. The van der Waals surface area contributed by atoms with Gasteiger partial charge in [0.1, 0.15) is 5.82 Å². The van der Waals surface area contributed by atoms with Gasteiger partial charge in [-0.1, -0.05) is 54.6 Å². The largest absolute Gasteiger partial charge is 0.389 e. The van der Waals surface area contributed by atoms with Crippen LogP contribution in [0.2, 0.25) is 0 Å². The van der Waals surface area contributed by atoms with E-state index in [1.807, 2.05) is 18.2 Å². The number of methoxy groups -OCH3 is 1. The predicted octanol–water partition coefficient (Wildman–Crippen LogP) is 3.48. The molecule has 0 aliphatic carbocycles. The van der Waals surface area contributed by atoms with E-state index in [2.05, 4.69) is 60.0 Å². The molecule has 6 nitrogen and oxygen atoms in total. The highest BCUT2D eigenvalue weighted by atomic mass is 16.5. The summed E-state index contributed by atoms with van der Waals surface area (Å²) in [5.74, 6) is 1.80. The second kappa shape index (κ2) is 10.9. The van der Waals surface area contributed by atoms with Crippen LogP contribution in [-0.4, -0.2) is 72.5 Å². The lowest BCUT2D eigenvalue weighted by molar-refractivity contribution is 0.0365. The van der Waals surface area contributed by atoms with E-state index >= 15 is 0 Å². The van der Waals surface area contributed by atoms with Gasteiger partial charge in [-0.15, -0.1) is 0 Å². The SMILES string of the molecule is COC[C@@H](O)CN1CCN(c2nc(-c3ccccc3)nc(C)c2Cc2ccccc2C)CC1. The van der Waals surface area contributed by atoms with Gasteiger partial charge in [-0.2, -0.15) is 0 Å². The van der Waals surface area contributed by atoms with Gasteiger partial charge in [0.2, 0.25) is 0 Å². The van der Waals surface area contributed by atoms with Gasteiger partial charge in [-0.05, 0) is 25.0 Å². The molecule has 4 rings (SSSR count). The number of nitrogens with zero attached hydrogens (tertiary/aromatic N) is 4. The van der Waals surface area contributed by atoms with E-state index in [-0.39, 0.29) is 0 Å². The van der Waals surface area contributed by atoms with Crippen molar-refractivity contribution in [3.05, 3.63) is 77.0 Å². The van der Waals surface area contributed by atoms with Crippen LogP contribution in [-0.2, 0) is 11.2 Å². The molecule has 0 bridgehead atoms. The molecular formula is C27H34N4O2. The number of hydrogen-bond acceptors (Lipinski definition) is 6. The van der Waals surface area contributed by atoms with Crippen LogP contribution >= 0.6 is 0 Å². The van der Waals surface area contributed by atoms with Crippen LogP contribution in [0.3, 0.4) is 0 Å². The van der Waals surface area contributed by atoms with E-state index < -0.39 is 6.10 Å². The zero-order valence-electron chi connectivity index (χ0n) is 19.9. The standard InChI is InChI=1S/C27H34N4O2/c1-20-9-7-8-12-23(20)17-25-21(2)28-26(22-10-5-4-6-11-22)29-27(25)31-15-13-30(14-16-31)18-24(32)19-33-3/h4-12,24,32H,13-19H2,1-3H3/t24-/m0/s1. The van der Waals surface area contributed by atoms with E-state index in [0.717, 1.165) is 55.5 Å². The zero-order valence-corrected chi connectivity index (χ0v) is 19.9. The zero-order chi connectivity index (χ0) is 23.2. The minimum atomic E-state index is -0.454. The fourth-order valence-corrected chi connectivity index (χ4v) is 4.45. The number of rotatable bonds is 8. The highest BCUT2D eigenvalue weighted by Gasteiger charge is 2.24. The molecule has 0 spiro atoms. The van der Waals surface area contributed by atoms with E-state index in [1.165, 1.54) is 16.7 Å². The Bertz CT molecular complexity index is 1050. The lowest BCUT2D eigenvalue weighted by atomic mass is 9.99. The van der Waals surface area contributed by atoms with Gasteiger partial charge in [0.25, 0.3) is 0 Å². The Kier molecular flexibility index (Phi) is 7.70. The predicted molar refractivity (Wildman–Crippen MR) is 133 cm³/mol. The van der Waals surface area contributed by atoms with E-state index in [1.54, 1.807) is 7.11 Å². The van der Waals surface area contributed by atoms with Gasteiger partial charge in [0.15, 0.2) is 5.82 Å². The van der Waals surface area contributed by atoms with Crippen molar-refractivity contribution < 1.29 is 9.84 Å². The van der Waals surface area contributed by atoms with Crippen LogP contribution in [0.15, 0.2) is 54.6 Å². The maximum Gasteiger partial charge on any atom is 0.161 e. The summed E-state index contributed by atoms with van der Waals surface area (Å²) < 4.78 is 5.08. The molecule has 6 heteroatoms. The highest BCUT2D eigenvalue weighted by Crippen LogP contribution is 2.29. The van der Waals surface area contributed by atoms with E-state index in [4.69, 9.17) is 14.7 Å².